The van der Waals surface area contributed by atoms with Gasteiger partial charge in [0.1, 0.15) is 18.2 Å². The minimum atomic E-state index is -0.694. The van der Waals surface area contributed by atoms with Gasteiger partial charge in [0.05, 0.1) is 11.8 Å². The van der Waals surface area contributed by atoms with Gasteiger partial charge in [-0.15, -0.1) is 0 Å². The van der Waals surface area contributed by atoms with E-state index in [1.54, 1.807) is 13.0 Å². The highest BCUT2D eigenvalue weighted by atomic mass is 19.1. The van der Waals surface area contributed by atoms with Gasteiger partial charge in [-0.3, -0.25) is 14.5 Å². The summed E-state index contributed by atoms with van der Waals surface area (Å²) < 4.78 is 25.9. The van der Waals surface area contributed by atoms with Gasteiger partial charge in [-0.1, -0.05) is 0 Å². The molecular formula is C36H47FN6O5. The topological polar surface area (TPSA) is 124 Å². The first-order valence-corrected chi connectivity index (χ1v) is 17.3. The molecule has 1 aromatic carbocycles. The quantitative estimate of drug-likeness (QED) is 0.259. The summed E-state index contributed by atoms with van der Waals surface area (Å²) in [6.07, 6.45) is 6.97. The van der Waals surface area contributed by atoms with Gasteiger partial charge in [0.25, 0.3) is 0 Å². The predicted molar refractivity (Wildman–Crippen MR) is 180 cm³/mol. The lowest BCUT2D eigenvalue weighted by molar-refractivity contribution is -0.129. The molecule has 0 spiro atoms. The number of oxazole rings is 1. The van der Waals surface area contributed by atoms with Gasteiger partial charge in [-0.2, -0.15) is 0 Å². The van der Waals surface area contributed by atoms with E-state index in [4.69, 9.17) is 14.1 Å². The summed E-state index contributed by atoms with van der Waals surface area (Å²) >= 11 is 0. The number of ether oxygens (including phenoxy) is 1. The molecule has 1 atom stereocenters. The van der Waals surface area contributed by atoms with Crippen molar-refractivity contribution >= 4 is 23.3 Å². The molecule has 12 heteroatoms. The van der Waals surface area contributed by atoms with E-state index in [1.807, 2.05) is 24.0 Å². The molecule has 3 aliphatic rings. The smallest absolute Gasteiger partial charge is 0.219 e. The number of fused-ring (bicyclic) bond motifs is 1. The van der Waals surface area contributed by atoms with Crippen LogP contribution in [0.2, 0.25) is 0 Å². The molecule has 2 aromatic heterocycles. The molecule has 0 bridgehead atoms. The third-order valence-corrected chi connectivity index (χ3v) is 9.83. The Labute approximate surface area is 281 Å². The second-order valence-electron chi connectivity index (χ2n) is 13.4. The number of hydrogen-bond acceptors (Lipinski definition) is 10. The van der Waals surface area contributed by atoms with Crippen LogP contribution in [0, 0.1) is 12.7 Å². The zero-order chi connectivity index (χ0) is 33.6. The number of benzene rings is 1. The fourth-order valence-corrected chi connectivity index (χ4v) is 6.90. The molecule has 6 rings (SSSR count). The number of nitrogens with one attached hydrogen (secondary N) is 1. The molecule has 11 nitrogen and oxygen atoms in total. The van der Waals surface area contributed by atoms with Crippen LogP contribution in [-0.4, -0.2) is 88.0 Å². The number of anilines is 2. The fraction of sp³-hybridized carbons (Fsp3) is 0.556. The van der Waals surface area contributed by atoms with Crippen LogP contribution in [0.15, 0.2) is 35.1 Å². The normalized spacial score (nSPS) is 18.0. The van der Waals surface area contributed by atoms with Crippen LogP contribution < -0.4 is 15.0 Å². The molecular weight excluding hydrogens is 615 g/mol. The number of carbonyl (C=O) groups is 2. The van der Waals surface area contributed by atoms with Crippen LogP contribution in [0.25, 0.3) is 0 Å². The molecule has 0 radical (unpaired) electrons. The van der Waals surface area contributed by atoms with Crippen molar-refractivity contribution in [2.24, 2.45) is 0 Å². The fourth-order valence-electron chi connectivity index (χ4n) is 6.90. The van der Waals surface area contributed by atoms with Gasteiger partial charge >= 0.3 is 0 Å². The zero-order valence-electron chi connectivity index (χ0n) is 28.0. The number of aliphatic hydroxyl groups is 1. The Balaban J connectivity index is 1.04. The largest absolute Gasteiger partial charge is 0.482 e. The maximum Gasteiger partial charge on any atom is 0.219 e. The molecule has 2 saturated heterocycles. The Morgan fingerprint density at radius 3 is 2.60 bits per heavy atom. The first-order valence-electron chi connectivity index (χ1n) is 17.3. The second kappa shape index (κ2) is 15.5. The summed E-state index contributed by atoms with van der Waals surface area (Å²) in [4.78, 5) is 40.4. The van der Waals surface area contributed by atoms with Crippen LogP contribution >= 0.6 is 0 Å². The maximum atomic E-state index is 14.9. The van der Waals surface area contributed by atoms with Crippen molar-refractivity contribution in [2.45, 2.75) is 90.5 Å². The molecule has 2 fully saturated rings. The molecule has 2 N–H and O–H groups in total. The highest BCUT2D eigenvalue weighted by molar-refractivity contribution is 5.97. The van der Waals surface area contributed by atoms with Crippen molar-refractivity contribution in [3.05, 3.63) is 64.6 Å². The van der Waals surface area contributed by atoms with Crippen LogP contribution in [-0.2, 0) is 24.4 Å². The maximum absolute atomic E-state index is 14.9. The Bertz CT molecular complexity index is 1580. The van der Waals surface area contributed by atoms with Gasteiger partial charge < -0.3 is 29.4 Å². The summed E-state index contributed by atoms with van der Waals surface area (Å²) in [5.41, 5.74) is 3.21. The number of pyridine rings is 1. The lowest BCUT2D eigenvalue weighted by Gasteiger charge is -2.32. The lowest BCUT2D eigenvalue weighted by Crippen LogP contribution is -2.41. The van der Waals surface area contributed by atoms with E-state index in [0.717, 1.165) is 55.7 Å². The van der Waals surface area contributed by atoms with Crippen molar-refractivity contribution in [3.8, 4) is 5.75 Å². The van der Waals surface area contributed by atoms with Crippen LogP contribution in [0.3, 0.4) is 0 Å². The number of Topliss-reactive ketones (excluding diaryl/α,β-unsaturated/α-hetero) is 1. The number of piperidine rings is 2. The molecule has 0 saturated carbocycles. The zero-order valence-corrected chi connectivity index (χ0v) is 28.0. The monoisotopic (exact) mass is 662 g/mol. The SMILES string of the molecule is CC(=O)N1CCC(Nc2cc(C(=O)CC[C@H](O)CN3CCc4cc(OCc5ocnc5C)c(F)cc4C3)cc(N3CCCCC3)n2)CC1. The number of likely N-dealkylation sites (tertiary alicyclic amines) is 1. The number of rotatable bonds is 12. The van der Waals surface area contributed by atoms with Crippen molar-refractivity contribution < 1.29 is 28.2 Å². The molecule has 3 aromatic rings. The highest BCUT2D eigenvalue weighted by Crippen LogP contribution is 2.29. The molecule has 0 unspecified atom stereocenters. The Morgan fingerprint density at radius 1 is 1.08 bits per heavy atom. The number of aryl methyl sites for hydroxylation is 1. The van der Waals surface area contributed by atoms with E-state index in [2.05, 4.69) is 20.1 Å². The average molecular weight is 663 g/mol. The lowest BCUT2D eigenvalue weighted by atomic mass is 9.98. The van der Waals surface area contributed by atoms with E-state index >= 15 is 0 Å². The number of ketones is 1. The number of aliphatic hydroxyl groups excluding tert-OH is 1. The highest BCUT2D eigenvalue weighted by Gasteiger charge is 2.25. The molecule has 258 valence electrons. The summed E-state index contributed by atoms with van der Waals surface area (Å²) in [6.45, 7) is 8.41. The number of nitrogens with zero attached hydrogens (tertiary/aromatic N) is 5. The minimum Gasteiger partial charge on any atom is -0.482 e. The van der Waals surface area contributed by atoms with Gasteiger partial charge in [-0.25, -0.2) is 14.4 Å². The Hall–Kier alpha value is -4.03. The van der Waals surface area contributed by atoms with Crippen LogP contribution in [0.1, 0.15) is 84.8 Å². The standard InChI is InChI=1S/C36H47FN6O5/c1-24-34(48-23-38-24)22-47-33-17-26-8-13-41(20-28(26)16-31(33)37)21-30(45)6-7-32(46)27-18-35(39-29-9-14-42(15-10-29)25(2)44)40-36(19-27)43-11-4-3-5-12-43/h16-19,23,29-30,45H,3-15,20-22H2,1-2H3,(H,39,40)/t30-/m0/s1. The summed E-state index contributed by atoms with van der Waals surface area (Å²) in [5, 5.41) is 14.5. The summed E-state index contributed by atoms with van der Waals surface area (Å²) in [7, 11) is 0. The number of halogens is 1. The number of aromatic nitrogens is 2. The summed E-state index contributed by atoms with van der Waals surface area (Å²) in [5.74, 6) is 1.89. The van der Waals surface area contributed by atoms with Crippen LogP contribution in [0.4, 0.5) is 16.0 Å². The van der Waals surface area contributed by atoms with E-state index in [9.17, 15) is 19.1 Å². The van der Waals surface area contributed by atoms with E-state index in [1.165, 1.54) is 18.9 Å². The van der Waals surface area contributed by atoms with Crippen LogP contribution in [0.5, 0.6) is 5.75 Å². The molecule has 0 aliphatic carbocycles. The number of hydrogen-bond donors (Lipinski definition) is 2. The van der Waals surface area contributed by atoms with Crippen molar-refractivity contribution in [1.29, 1.82) is 0 Å². The first kappa shape index (κ1) is 33.9. The third-order valence-electron chi connectivity index (χ3n) is 9.83. The number of carbonyl (C=O) groups excluding carboxylic acids is 2. The molecule has 48 heavy (non-hydrogen) atoms. The molecule has 1 amide bonds. The van der Waals surface area contributed by atoms with E-state index < -0.39 is 11.9 Å². The van der Waals surface area contributed by atoms with Crippen molar-refractivity contribution in [3.63, 3.8) is 0 Å². The molecule has 3 aliphatic heterocycles. The number of β-amino-alcohol motifs (C(OH)–C–C–N with tert-alkyl or cyclic N) is 1. The first-order chi connectivity index (χ1) is 23.2. The minimum absolute atomic E-state index is 0.0247. The van der Waals surface area contributed by atoms with Gasteiger partial charge in [0, 0.05) is 70.8 Å². The Morgan fingerprint density at radius 2 is 1.88 bits per heavy atom. The van der Waals surface area contributed by atoms with Crippen molar-refractivity contribution in [1.82, 2.24) is 19.8 Å². The van der Waals surface area contributed by atoms with Crippen molar-refractivity contribution in [2.75, 3.05) is 49.5 Å². The predicted octanol–water partition coefficient (Wildman–Crippen LogP) is 4.89. The number of amides is 1. The molecule has 5 heterocycles. The van der Waals surface area contributed by atoms with Gasteiger partial charge in [0.15, 0.2) is 29.5 Å². The van der Waals surface area contributed by atoms with Gasteiger partial charge in [-0.05, 0) is 87.3 Å². The summed E-state index contributed by atoms with van der Waals surface area (Å²) in [6, 6.07) is 7.18. The Kier molecular flexibility index (Phi) is 10.9. The van der Waals surface area contributed by atoms with E-state index in [-0.39, 0.29) is 36.5 Å². The third kappa shape index (κ3) is 8.51. The van der Waals surface area contributed by atoms with Gasteiger partial charge in [0.2, 0.25) is 5.91 Å². The second-order valence-corrected chi connectivity index (χ2v) is 13.4. The average Bonchev–Trinajstić information content (AvgIpc) is 3.51. The van der Waals surface area contributed by atoms with E-state index in [0.29, 0.717) is 68.4 Å².